The summed E-state index contributed by atoms with van der Waals surface area (Å²) in [6, 6.07) is 22.5. The number of phenolic OH excluding ortho intramolecular Hbond substituents is 1. The first kappa shape index (κ1) is 23.2. The van der Waals surface area contributed by atoms with Crippen LogP contribution in [0.25, 0.3) is 17.1 Å². The van der Waals surface area contributed by atoms with Crippen molar-refractivity contribution in [3.63, 3.8) is 0 Å². The normalized spacial score (nSPS) is 11.1. The van der Waals surface area contributed by atoms with E-state index in [4.69, 9.17) is 0 Å². The zero-order valence-electron chi connectivity index (χ0n) is 17.0. The maximum absolute atomic E-state index is 12.3. The Balaban J connectivity index is 1.50. The number of carbonyl (C=O) groups is 1. The zero-order chi connectivity index (χ0) is 23.2. The van der Waals surface area contributed by atoms with E-state index in [9.17, 15) is 9.90 Å². The minimum Gasteiger partial charge on any atom is -0.507 e. The summed E-state index contributed by atoms with van der Waals surface area (Å²) >= 11 is 8.05. The van der Waals surface area contributed by atoms with Crippen molar-refractivity contribution in [2.24, 2.45) is 5.10 Å². The number of carbonyl (C=O) groups excluding carboxylic acids is 1. The number of halogens is 2. The van der Waals surface area contributed by atoms with Gasteiger partial charge in [0.15, 0.2) is 11.0 Å². The quantitative estimate of drug-likeness (QED) is 0.172. The third-order valence-electron chi connectivity index (χ3n) is 4.46. The molecule has 0 fully saturated rings. The van der Waals surface area contributed by atoms with Gasteiger partial charge in [-0.15, -0.1) is 10.2 Å². The molecule has 0 atom stereocenters. The summed E-state index contributed by atoms with van der Waals surface area (Å²) in [5.74, 6) is 0.536. The van der Waals surface area contributed by atoms with Gasteiger partial charge < -0.3 is 5.11 Å². The summed E-state index contributed by atoms with van der Waals surface area (Å²) in [7, 11) is 0. The molecular weight excluding hydrogens is 570 g/mol. The van der Waals surface area contributed by atoms with Crippen LogP contribution in [0.4, 0.5) is 0 Å². The van der Waals surface area contributed by atoms with Crippen molar-refractivity contribution < 1.29 is 9.90 Å². The molecule has 4 aromatic rings. The molecule has 3 aromatic carbocycles. The van der Waals surface area contributed by atoms with Crippen molar-refractivity contribution in [3.8, 4) is 22.8 Å². The van der Waals surface area contributed by atoms with Crippen molar-refractivity contribution in [1.82, 2.24) is 20.2 Å². The third-order valence-corrected chi connectivity index (χ3v) is 6.42. The first-order valence-electron chi connectivity index (χ1n) is 9.71. The van der Waals surface area contributed by atoms with E-state index in [1.54, 1.807) is 18.2 Å². The molecule has 33 heavy (non-hydrogen) atoms. The molecule has 0 bridgehead atoms. The van der Waals surface area contributed by atoms with Crippen LogP contribution in [-0.2, 0) is 4.79 Å². The van der Waals surface area contributed by atoms with Crippen LogP contribution in [0.1, 0.15) is 5.56 Å². The molecule has 1 aromatic heterocycles. The Kier molecular flexibility index (Phi) is 7.58. The highest BCUT2D eigenvalue weighted by molar-refractivity contribution is 9.10. The molecule has 10 heteroatoms. The Labute approximate surface area is 211 Å². The fourth-order valence-electron chi connectivity index (χ4n) is 2.93. The standard InChI is InChI=1S/C23H17Br2N5O2S/c24-17-6-9-19(10-7-17)30-22(15-4-2-1-3-5-15)28-29-23(30)33-14-21(32)27-26-13-16-12-18(25)8-11-20(16)31/h1-13,31H,14H2,(H,27,32)/b26-13-. The van der Waals surface area contributed by atoms with Crippen LogP contribution in [0.15, 0.2) is 92.0 Å². The number of hydrazone groups is 1. The average Bonchev–Trinajstić information content (AvgIpc) is 3.25. The zero-order valence-corrected chi connectivity index (χ0v) is 21.0. The van der Waals surface area contributed by atoms with Crippen LogP contribution in [0.3, 0.4) is 0 Å². The van der Waals surface area contributed by atoms with Gasteiger partial charge in [0.05, 0.1) is 12.0 Å². The number of nitrogens with one attached hydrogen (secondary N) is 1. The lowest BCUT2D eigenvalue weighted by molar-refractivity contribution is -0.118. The smallest absolute Gasteiger partial charge is 0.250 e. The highest BCUT2D eigenvalue weighted by atomic mass is 79.9. The third kappa shape index (κ3) is 5.89. The number of hydrogen-bond donors (Lipinski definition) is 2. The molecule has 0 saturated carbocycles. The largest absolute Gasteiger partial charge is 0.507 e. The molecule has 1 amide bonds. The topological polar surface area (TPSA) is 92.4 Å². The van der Waals surface area contributed by atoms with Crippen molar-refractivity contribution >= 4 is 55.7 Å². The van der Waals surface area contributed by atoms with Crippen LogP contribution in [0.5, 0.6) is 5.75 Å². The predicted molar refractivity (Wildman–Crippen MR) is 137 cm³/mol. The number of aromatic hydroxyl groups is 1. The van der Waals surface area contributed by atoms with Gasteiger partial charge in [0.2, 0.25) is 0 Å². The lowest BCUT2D eigenvalue weighted by Gasteiger charge is -2.10. The summed E-state index contributed by atoms with van der Waals surface area (Å²) in [6.45, 7) is 0. The van der Waals surface area contributed by atoms with Crippen molar-refractivity contribution in [2.45, 2.75) is 5.16 Å². The fraction of sp³-hybridized carbons (Fsp3) is 0.0435. The van der Waals surface area contributed by atoms with E-state index in [1.165, 1.54) is 18.0 Å². The van der Waals surface area contributed by atoms with E-state index in [0.717, 1.165) is 20.2 Å². The van der Waals surface area contributed by atoms with Crippen LogP contribution in [-0.4, -0.2) is 37.7 Å². The Morgan fingerprint density at radius 2 is 1.76 bits per heavy atom. The molecule has 0 aliphatic heterocycles. The maximum atomic E-state index is 12.3. The van der Waals surface area contributed by atoms with E-state index in [-0.39, 0.29) is 17.4 Å². The molecule has 0 spiro atoms. The molecule has 0 saturated heterocycles. The number of thioether (sulfide) groups is 1. The molecule has 166 valence electrons. The lowest BCUT2D eigenvalue weighted by Crippen LogP contribution is -2.20. The van der Waals surface area contributed by atoms with Gasteiger partial charge in [-0.05, 0) is 42.5 Å². The number of nitrogens with zero attached hydrogens (tertiary/aromatic N) is 4. The summed E-state index contributed by atoms with van der Waals surface area (Å²) in [5, 5.41) is 23.1. The second-order valence-corrected chi connectivity index (χ2v) is 9.54. The molecule has 4 rings (SSSR count). The highest BCUT2D eigenvalue weighted by Gasteiger charge is 2.17. The number of benzene rings is 3. The Bertz CT molecular complexity index is 1290. The number of amides is 1. The van der Waals surface area contributed by atoms with Gasteiger partial charge in [0, 0.05) is 25.8 Å². The number of aromatic nitrogens is 3. The van der Waals surface area contributed by atoms with Gasteiger partial charge >= 0.3 is 0 Å². The van der Waals surface area contributed by atoms with E-state index in [1.807, 2.05) is 59.2 Å². The molecule has 0 aliphatic carbocycles. The van der Waals surface area contributed by atoms with Crippen LogP contribution < -0.4 is 5.43 Å². The van der Waals surface area contributed by atoms with Crippen molar-refractivity contribution in [3.05, 3.63) is 87.3 Å². The molecule has 0 unspecified atom stereocenters. The molecule has 0 radical (unpaired) electrons. The molecule has 2 N–H and O–H groups in total. The van der Waals surface area contributed by atoms with E-state index in [2.05, 4.69) is 52.6 Å². The fourth-order valence-corrected chi connectivity index (χ4v) is 4.31. The van der Waals surface area contributed by atoms with Gasteiger partial charge in [0.1, 0.15) is 5.75 Å². The van der Waals surface area contributed by atoms with Gasteiger partial charge in [-0.3, -0.25) is 9.36 Å². The number of rotatable bonds is 7. The van der Waals surface area contributed by atoms with Gasteiger partial charge in [0.25, 0.3) is 5.91 Å². The first-order valence-corrected chi connectivity index (χ1v) is 12.3. The maximum Gasteiger partial charge on any atom is 0.250 e. The Hall–Kier alpha value is -2.95. The van der Waals surface area contributed by atoms with Crippen LogP contribution >= 0.6 is 43.6 Å². The van der Waals surface area contributed by atoms with E-state index in [0.29, 0.717) is 16.5 Å². The van der Waals surface area contributed by atoms with Crippen molar-refractivity contribution in [2.75, 3.05) is 5.75 Å². The summed E-state index contributed by atoms with van der Waals surface area (Å²) in [5.41, 5.74) is 4.76. The Morgan fingerprint density at radius 1 is 1.03 bits per heavy atom. The number of hydrogen-bond acceptors (Lipinski definition) is 6. The second-order valence-electron chi connectivity index (χ2n) is 6.77. The SMILES string of the molecule is O=C(CSc1nnc(-c2ccccc2)n1-c1ccc(Br)cc1)N/N=C\c1cc(Br)ccc1O. The average molecular weight is 587 g/mol. The van der Waals surface area contributed by atoms with E-state index < -0.39 is 0 Å². The summed E-state index contributed by atoms with van der Waals surface area (Å²) in [4.78, 5) is 12.3. The molecule has 7 nitrogen and oxygen atoms in total. The summed E-state index contributed by atoms with van der Waals surface area (Å²) in [6.07, 6.45) is 1.39. The minimum absolute atomic E-state index is 0.0709. The van der Waals surface area contributed by atoms with Gasteiger partial charge in [-0.1, -0.05) is 74.0 Å². The monoisotopic (exact) mass is 585 g/mol. The minimum atomic E-state index is -0.308. The van der Waals surface area contributed by atoms with Crippen molar-refractivity contribution in [1.29, 1.82) is 0 Å². The molecular formula is C23H17Br2N5O2S. The van der Waals surface area contributed by atoms with Crippen LogP contribution in [0, 0.1) is 0 Å². The number of phenols is 1. The predicted octanol–water partition coefficient (Wildman–Crippen LogP) is 5.41. The second kappa shape index (κ2) is 10.8. The van der Waals surface area contributed by atoms with Gasteiger partial charge in [-0.25, -0.2) is 5.43 Å². The lowest BCUT2D eigenvalue weighted by atomic mass is 10.2. The van der Waals surface area contributed by atoms with Gasteiger partial charge in [-0.2, -0.15) is 5.10 Å². The first-order chi connectivity index (χ1) is 16.0. The van der Waals surface area contributed by atoms with Crippen LogP contribution in [0.2, 0.25) is 0 Å². The summed E-state index contributed by atoms with van der Waals surface area (Å²) < 4.78 is 3.68. The Morgan fingerprint density at radius 3 is 2.52 bits per heavy atom. The molecule has 1 heterocycles. The van der Waals surface area contributed by atoms with E-state index >= 15 is 0 Å². The molecule has 0 aliphatic rings. The highest BCUT2D eigenvalue weighted by Crippen LogP contribution is 2.28.